The van der Waals surface area contributed by atoms with Crippen LogP contribution in [-0.2, 0) is 10.8 Å². The van der Waals surface area contributed by atoms with E-state index >= 15 is 0 Å². The van der Waals surface area contributed by atoms with E-state index in [-0.39, 0.29) is 0 Å². The smallest absolute Gasteiger partial charge is 0.0246 e. The molecule has 0 fully saturated rings. The Kier molecular flexibility index (Phi) is 6.45. The molecule has 0 aliphatic carbocycles. The van der Waals surface area contributed by atoms with E-state index in [1.54, 1.807) is 6.26 Å². The van der Waals surface area contributed by atoms with Crippen molar-refractivity contribution < 1.29 is 4.21 Å². The highest BCUT2D eigenvalue weighted by atomic mass is 32.2. The highest BCUT2D eigenvalue weighted by molar-refractivity contribution is 7.84. The van der Waals surface area contributed by atoms with Gasteiger partial charge in [0.1, 0.15) is 0 Å². The maximum atomic E-state index is 11.0. The monoisotopic (exact) mass is 253 g/mol. The first-order valence-electron chi connectivity index (χ1n) is 6.18. The Morgan fingerprint density at radius 1 is 1.24 bits per heavy atom. The van der Waals surface area contributed by atoms with E-state index in [0.29, 0.717) is 12.0 Å². The quantitative estimate of drug-likeness (QED) is 0.809. The Morgan fingerprint density at radius 3 is 2.47 bits per heavy atom. The van der Waals surface area contributed by atoms with Crippen molar-refractivity contribution in [3.05, 3.63) is 35.9 Å². The molecular weight excluding hydrogens is 230 g/mol. The Balaban J connectivity index is 2.28. The van der Waals surface area contributed by atoms with Crippen molar-refractivity contribution in [2.75, 3.05) is 18.6 Å². The molecule has 1 N–H and O–H groups in total. The van der Waals surface area contributed by atoms with Gasteiger partial charge in [-0.25, -0.2) is 0 Å². The number of hydrogen-bond acceptors (Lipinski definition) is 2. The van der Waals surface area contributed by atoms with Crippen LogP contribution in [0.4, 0.5) is 0 Å². The highest BCUT2D eigenvalue weighted by Crippen LogP contribution is 2.13. The molecule has 1 aromatic rings. The van der Waals surface area contributed by atoms with Gasteiger partial charge in [0.15, 0.2) is 0 Å². The van der Waals surface area contributed by atoms with Crippen LogP contribution in [0.5, 0.6) is 0 Å². The second kappa shape index (κ2) is 7.62. The zero-order valence-corrected chi connectivity index (χ0v) is 11.8. The minimum absolute atomic E-state index is 0.435. The standard InChI is InChI=1S/C14H23NOS/c1-12(14-7-5-4-6-8-14)11-15-13(2)9-10-17(3)16/h4-8,12-13,15H,9-11H2,1-3H3. The van der Waals surface area contributed by atoms with Crippen molar-refractivity contribution in [2.24, 2.45) is 0 Å². The third-order valence-corrected chi connectivity index (χ3v) is 3.79. The van der Waals surface area contributed by atoms with Crippen molar-refractivity contribution >= 4 is 10.8 Å². The van der Waals surface area contributed by atoms with Crippen LogP contribution < -0.4 is 5.32 Å². The summed E-state index contributed by atoms with van der Waals surface area (Å²) in [6.07, 6.45) is 2.74. The summed E-state index contributed by atoms with van der Waals surface area (Å²) in [6, 6.07) is 11.0. The van der Waals surface area contributed by atoms with Gasteiger partial charge >= 0.3 is 0 Å². The minimum atomic E-state index is -0.676. The lowest BCUT2D eigenvalue weighted by molar-refractivity contribution is 0.509. The van der Waals surface area contributed by atoms with Gasteiger partial charge in [0.25, 0.3) is 0 Å². The van der Waals surface area contributed by atoms with Gasteiger partial charge in [0, 0.05) is 35.4 Å². The molecular formula is C14H23NOS. The van der Waals surface area contributed by atoms with E-state index in [1.807, 2.05) is 6.07 Å². The Hall–Kier alpha value is -0.670. The van der Waals surface area contributed by atoms with E-state index < -0.39 is 10.8 Å². The third-order valence-electron chi connectivity index (χ3n) is 2.98. The molecule has 0 saturated heterocycles. The number of nitrogens with one attached hydrogen (secondary N) is 1. The molecule has 0 radical (unpaired) electrons. The van der Waals surface area contributed by atoms with Crippen LogP contribution in [0.1, 0.15) is 31.7 Å². The highest BCUT2D eigenvalue weighted by Gasteiger charge is 2.07. The minimum Gasteiger partial charge on any atom is -0.314 e. The largest absolute Gasteiger partial charge is 0.314 e. The van der Waals surface area contributed by atoms with Gasteiger partial charge in [-0.15, -0.1) is 0 Å². The first-order chi connectivity index (χ1) is 8.09. The molecule has 0 aromatic heterocycles. The lowest BCUT2D eigenvalue weighted by atomic mass is 10.0. The molecule has 0 aliphatic rings. The fraction of sp³-hybridized carbons (Fsp3) is 0.571. The lowest BCUT2D eigenvalue weighted by Gasteiger charge is -2.17. The average molecular weight is 253 g/mol. The molecule has 96 valence electrons. The molecule has 3 atom stereocenters. The van der Waals surface area contributed by atoms with E-state index in [2.05, 4.69) is 43.4 Å². The molecule has 17 heavy (non-hydrogen) atoms. The van der Waals surface area contributed by atoms with Gasteiger partial charge in [-0.1, -0.05) is 37.3 Å². The van der Waals surface area contributed by atoms with Crippen molar-refractivity contribution in [3.8, 4) is 0 Å². The molecule has 1 aromatic carbocycles. The van der Waals surface area contributed by atoms with Crippen molar-refractivity contribution in [1.82, 2.24) is 5.32 Å². The Bertz CT molecular complexity index is 339. The van der Waals surface area contributed by atoms with Crippen LogP contribution in [0.2, 0.25) is 0 Å². The Labute approximate surface area is 107 Å². The number of rotatable bonds is 7. The summed E-state index contributed by atoms with van der Waals surface area (Å²) in [7, 11) is -0.676. The summed E-state index contributed by atoms with van der Waals surface area (Å²) in [5.74, 6) is 1.30. The van der Waals surface area contributed by atoms with Crippen LogP contribution in [0.3, 0.4) is 0 Å². The number of benzene rings is 1. The molecule has 0 spiro atoms. The lowest BCUT2D eigenvalue weighted by Crippen LogP contribution is -2.30. The van der Waals surface area contributed by atoms with E-state index in [1.165, 1.54) is 5.56 Å². The van der Waals surface area contributed by atoms with Gasteiger partial charge in [-0.05, 0) is 24.8 Å². The van der Waals surface area contributed by atoms with Crippen molar-refractivity contribution in [1.29, 1.82) is 0 Å². The summed E-state index contributed by atoms with van der Waals surface area (Å²) < 4.78 is 11.0. The molecule has 0 bridgehead atoms. The van der Waals surface area contributed by atoms with Crippen LogP contribution >= 0.6 is 0 Å². The molecule has 0 amide bonds. The maximum Gasteiger partial charge on any atom is 0.0246 e. The van der Waals surface area contributed by atoms with Crippen molar-refractivity contribution in [3.63, 3.8) is 0 Å². The molecule has 0 heterocycles. The molecule has 3 heteroatoms. The fourth-order valence-electron chi connectivity index (χ4n) is 1.72. The van der Waals surface area contributed by atoms with Gasteiger partial charge < -0.3 is 5.32 Å². The third kappa shape index (κ3) is 5.99. The van der Waals surface area contributed by atoms with E-state index in [4.69, 9.17) is 0 Å². The van der Waals surface area contributed by atoms with Gasteiger partial charge in [0.05, 0.1) is 0 Å². The molecule has 1 rings (SSSR count). The predicted molar refractivity (Wildman–Crippen MR) is 75.9 cm³/mol. The Morgan fingerprint density at radius 2 is 1.88 bits per heavy atom. The fourth-order valence-corrected chi connectivity index (χ4v) is 2.41. The summed E-state index contributed by atoms with van der Waals surface area (Å²) in [5.41, 5.74) is 1.37. The zero-order valence-electron chi connectivity index (χ0n) is 11.0. The summed E-state index contributed by atoms with van der Waals surface area (Å²) in [4.78, 5) is 0. The molecule has 0 aliphatic heterocycles. The van der Waals surface area contributed by atoms with Crippen LogP contribution in [0, 0.1) is 0 Å². The van der Waals surface area contributed by atoms with E-state index in [9.17, 15) is 4.21 Å². The van der Waals surface area contributed by atoms with Gasteiger partial charge in [0.2, 0.25) is 0 Å². The second-order valence-corrected chi connectivity index (χ2v) is 6.24. The SMILES string of the molecule is CC(CCS(C)=O)NCC(C)c1ccccc1. The van der Waals surface area contributed by atoms with Gasteiger partial charge in [-0.2, -0.15) is 0 Å². The van der Waals surface area contributed by atoms with Crippen LogP contribution in [0.15, 0.2) is 30.3 Å². The maximum absolute atomic E-state index is 11.0. The number of hydrogen-bond donors (Lipinski definition) is 1. The molecule has 0 saturated carbocycles. The average Bonchev–Trinajstić information content (AvgIpc) is 2.34. The predicted octanol–water partition coefficient (Wildman–Crippen LogP) is 2.54. The van der Waals surface area contributed by atoms with E-state index in [0.717, 1.165) is 18.7 Å². The van der Waals surface area contributed by atoms with Gasteiger partial charge in [-0.3, -0.25) is 4.21 Å². The van der Waals surface area contributed by atoms with Crippen LogP contribution in [0.25, 0.3) is 0 Å². The van der Waals surface area contributed by atoms with Crippen molar-refractivity contribution in [2.45, 2.75) is 32.2 Å². The summed E-state index contributed by atoms with van der Waals surface area (Å²) in [5, 5.41) is 3.50. The summed E-state index contributed by atoms with van der Waals surface area (Å²) >= 11 is 0. The zero-order chi connectivity index (χ0) is 12.7. The first-order valence-corrected chi connectivity index (χ1v) is 7.90. The topological polar surface area (TPSA) is 29.1 Å². The molecule has 2 nitrogen and oxygen atoms in total. The summed E-state index contributed by atoms with van der Waals surface area (Å²) in [6.45, 7) is 5.36. The van der Waals surface area contributed by atoms with Crippen LogP contribution in [-0.4, -0.2) is 28.8 Å². The normalized spacial score (nSPS) is 16.4. The first kappa shape index (κ1) is 14.4. The molecule has 3 unspecified atom stereocenters. The second-order valence-electron chi connectivity index (χ2n) is 4.69.